The summed E-state index contributed by atoms with van der Waals surface area (Å²) >= 11 is 12.0. The van der Waals surface area contributed by atoms with Crippen molar-refractivity contribution in [3.63, 3.8) is 0 Å². The number of piperazine rings is 1. The standard InChI is InChI=1S/C17H21Cl2N3O2/c18-13-3-4-14(15(19)11-13)17(24)22-9-7-20(8-10-22)12-16(23)21-5-1-2-6-21/h3-4,11H,1-2,5-10,12H2. The first-order valence-electron chi connectivity index (χ1n) is 8.29. The van der Waals surface area contributed by atoms with E-state index in [1.165, 1.54) is 0 Å². The van der Waals surface area contributed by atoms with Gasteiger partial charge < -0.3 is 9.80 Å². The summed E-state index contributed by atoms with van der Waals surface area (Å²) in [6, 6.07) is 4.92. The fourth-order valence-electron chi connectivity index (χ4n) is 3.20. The van der Waals surface area contributed by atoms with Crippen LogP contribution in [0.1, 0.15) is 23.2 Å². The van der Waals surface area contributed by atoms with Gasteiger partial charge in [0.2, 0.25) is 5.91 Å². The molecule has 3 rings (SSSR count). The van der Waals surface area contributed by atoms with E-state index in [0.29, 0.717) is 48.3 Å². The van der Waals surface area contributed by atoms with Crippen molar-refractivity contribution in [2.24, 2.45) is 0 Å². The Morgan fingerprint density at radius 3 is 2.21 bits per heavy atom. The van der Waals surface area contributed by atoms with Crippen LogP contribution in [0.25, 0.3) is 0 Å². The molecule has 2 saturated heterocycles. The van der Waals surface area contributed by atoms with Gasteiger partial charge in [0.1, 0.15) is 0 Å². The van der Waals surface area contributed by atoms with E-state index in [1.807, 2.05) is 4.90 Å². The first-order valence-corrected chi connectivity index (χ1v) is 9.04. The normalized spacial score (nSPS) is 18.9. The summed E-state index contributed by atoms with van der Waals surface area (Å²) in [6.07, 6.45) is 2.21. The Balaban J connectivity index is 1.52. The number of amides is 2. The minimum absolute atomic E-state index is 0.0813. The third kappa shape index (κ3) is 4.02. The summed E-state index contributed by atoms with van der Waals surface area (Å²) in [4.78, 5) is 30.6. The second kappa shape index (κ2) is 7.72. The molecular formula is C17H21Cl2N3O2. The molecule has 0 bridgehead atoms. The predicted molar refractivity (Wildman–Crippen MR) is 94.6 cm³/mol. The molecule has 0 atom stereocenters. The minimum Gasteiger partial charge on any atom is -0.342 e. The number of halogens is 2. The topological polar surface area (TPSA) is 43.9 Å². The van der Waals surface area contributed by atoms with Crippen molar-refractivity contribution in [1.82, 2.24) is 14.7 Å². The highest BCUT2D eigenvalue weighted by Gasteiger charge is 2.26. The molecule has 2 amide bonds. The molecule has 2 aliphatic heterocycles. The lowest BCUT2D eigenvalue weighted by Gasteiger charge is -2.35. The van der Waals surface area contributed by atoms with Crippen LogP contribution in [0.2, 0.25) is 10.0 Å². The molecule has 130 valence electrons. The molecule has 0 spiro atoms. The molecule has 0 unspecified atom stereocenters. The van der Waals surface area contributed by atoms with Crippen molar-refractivity contribution in [2.45, 2.75) is 12.8 Å². The lowest BCUT2D eigenvalue weighted by molar-refractivity contribution is -0.131. The molecule has 5 nitrogen and oxygen atoms in total. The molecule has 2 aliphatic rings. The maximum Gasteiger partial charge on any atom is 0.255 e. The third-order valence-corrected chi connectivity index (χ3v) is 5.19. The van der Waals surface area contributed by atoms with Gasteiger partial charge in [0, 0.05) is 44.3 Å². The van der Waals surface area contributed by atoms with Gasteiger partial charge in [-0.25, -0.2) is 0 Å². The van der Waals surface area contributed by atoms with Gasteiger partial charge in [-0.15, -0.1) is 0 Å². The molecule has 0 N–H and O–H groups in total. The van der Waals surface area contributed by atoms with Gasteiger partial charge in [-0.3, -0.25) is 14.5 Å². The second-order valence-electron chi connectivity index (χ2n) is 6.28. The third-order valence-electron chi connectivity index (χ3n) is 4.64. The Labute approximate surface area is 152 Å². The molecule has 0 radical (unpaired) electrons. The zero-order valence-corrected chi connectivity index (χ0v) is 15.0. The van der Waals surface area contributed by atoms with E-state index in [1.54, 1.807) is 23.1 Å². The van der Waals surface area contributed by atoms with Gasteiger partial charge in [0.05, 0.1) is 17.1 Å². The van der Waals surface area contributed by atoms with Gasteiger partial charge in [-0.05, 0) is 31.0 Å². The molecule has 0 aromatic heterocycles. The average molecular weight is 370 g/mol. The monoisotopic (exact) mass is 369 g/mol. The van der Waals surface area contributed by atoms with Crippen molar-refractivity contribution >= 4 is 35.0 Å². The number of benzene rings is 1. The summed E-state index contributed by atoms with van der Waals surface area (Å²) in [5.74, 6) is 0.121. The summed E-state index contributed by atoms with van der Waals surface area (Å²) in [5, 5.41) is 0.890. The van der Waals surface area contributed by atoms with E-state index >= 15 is 0 Å². The maximum absolute atomic E-state index is 12.6. The predicted octanol–water partition coefficient (Wildman–Crippen LogP) is 2.37. The largest absolute Gasteiger partial charge is 0.342 e. The van der Waals surface area contributed by atoms with Crippen LogP contribution in [-0.4, -0.2) is 72.3 Å². The van der Waals surface area contributed by atoms with Gasteiger partial charge >= 0.3 is 0 Å². The van der Waals surface area contributed by atoms with E-state index in [0.717, 1.165) is 25.9 Å². The van der Waals surface area contributed by atoms with Crippen molar-refractivity contribution in [2.75, 3.05) is 45.8 Å². The number of rotatable bonds is 3. The highest BCUT2D eigenvalue weighted by Crippen LogP contribution is 2.22. The molecule has 0 aliphatic carbocycles. The first-order chi connectivity index (χ1) is 11.5. The molecule has 0 saturated carbocycles. The van der Waals surface area contributed by atoms with Crippen LogP contribution in [0.5, 0.6) is 0 Å². The van der Waals surface area contributed by atoms with Gasteiger partial charge in [0.15, 0.2) is 0 Å². The smallest absolute Gasteiger partial charge is 0.255 e. The lowest BCUT2D eigenvalue weighted by Crippen LogP contribution is -2.51. The highest BCUT2D eigenvalue weighted by atomic mass is 35.5. The zero-order chi connectivity index (χ0) is 17.1. The number of likely N-dealkylation sites (tertiary alicyclic amines) is 1. The van der Waals surface area contributed by atoms with E-state index in [9.17, 15) is 9.59 Å². The van der Waals surface area contributed by atoms with E-state index in [4.69, 9.17) is 23.2 Å². The van der Waals surface area contributed by atoms with Gasteiger partial charge in [-0.2, -0.15) is 0 Å². The van der Waals surface area contributed by atoms with Crippen LogP contribution in [0.3, 0.4) is 0 Å². The quantitative estimate of drug-likeness (QED) is 0.821. The number of carbonyl (C=O) groups is 2. The number of hydrogen-bond donors (Lipinski definition) is 0. The van der Waals surface area contributed by atoms with E-state index in [2.05, 4.69) is 4.90 Å². The molecule has 7 heteroatoms. The van der Waals surface area contributed by atoms with Crippen molar-refractivity contribution in [3.8, 4) is 0 Å². The van der Waals surface area contributed by atoms with Crippen molar-refractivity contribution < 1.29 is 9.59 Å². The van der Waals surface area contributed by atoms with E-state index in [-0.39, 0.29) is 11.8 Å². The van der Waals surface area contributed by atoms with Crippen LogP contribution in [0, 0.1) is 0 Å². The molecular weight excluding hydrogens is 349 g/mol. The second-order valence-corrected chi connectivity index (χ2v) is 7.12. The molecule has 24 heavy (non-hydrogen) atoms. The fraction of sp³-hybridized carbons (Fsp3) is 0.529. The minimum atomic E-state index is -0.0813. The molecule has 2 heterocycles. The Morgan fingerprint density at radius 2 is 1.58 bits per heavy atom. The van der Waals surface area contributed by atoms with Crippen molar-refractivity contribution in [1.29, 1.82) is 0 Å². The zero-order valence-electron chi connectivity index (χ0n) is 13.5. The molecule has 1 aromatic carbocycles. The van der Waals surface area contributed by atoms with Crippen LogP contribution < -0.4 is 0 Å². The molecule has 1 aromatic rings. The van der Waals surface area contributed by atoms with Crippen molar-refractivity contribution in [3.05, 3.63) is 33.8 Å². The number of hydrogen-bond acceptors (Lipinski definition) is 3. The number of carbonyl (C=O) groups excluding carboxylic acids is 2. The average Bonchev–Trinajstić information content (AvgIpc) is 3.09. The summed E-state index contributed by atoms with van der Waals surface area (Å²) < 4.78 is 0. The maximum atomic E-state index is 12.6. The van der Waals surface area contributed by atoms with E-state index < -0.39 is 0 Å². The van der Waals surface area contributed by atoms with Crippen LogP contribution in [0.4, 0.5) is 0 Å². The Hall–Kier alpha value is -1.30. The Bertz CT molecular complexity index is 624. The summed E-state index contributed by atoms with van der Waals surface area (Å²) in [7, 11) is 0. The fourth-order valence-corrected chi connectivity index (χ4v) is 3.69. The van der Waals surface area contributed by atoms with Crippen LogP contribution in [-0.2, 0) is 4.79 Å². The van der Waals surface area contributed by atoms with Crippen LogP contribution >= 0.6 is 23.2 Å². The van der Waals surface area contributed by atoms with Gasteiger partial charge in [-0.1, -0.05) is 23.2 Å². The van der Waals surface area contributed by atoms with Gasteiger partial charge in [0.25, 0.3) is 5.91 Å². The Kier molecular flexibility index (Phi) is 5.64. The Morgan fingerprint density at radius 1 is 0.917 bits per heavy atom. The molecule has 2 fully saturated rings. The first kappa shape index (κ1) is 17.5. The summed E-state index contributed by atoms with van der Waals surface area (Å²) in [6.45, 7) is 4.83. The highest BCUT2D eigenvalue weighted by molar-refractivity contribution is 6.36. The van der Waals surface area contributed by atoms with Crippen LogP contribution in [0.15, 0.2) is 18.2 Å². The number of nitrogens with zero attached hydrogens (tertiary/aromatic N) is 3. The SMILES string of the molecule is O=C(CN1CCN(C(=O)c2ccc(Cl)cc2Cl)CC1)N1CCCC1. The lowest BCUT2D eigenvalue weighted by atomic mass is 10.1. The summed E-state index contributed by atoms with van der Waals surface area (Å²) in [5.41, 5.74) is 0.475.